The zero-order valence-electron chi connectivity index (χ0n) is 19.9. The molecule has 0 spiro atoms. The summed E-state index contributed by atoms with van der Waals surface area (Å²) in [5, 5.41) is 15.8. The zero-order chi connectivity index (χ0) is 24.8. The number of hydrogen-bond acceptors (Lipinski definition) is 6. The first-order chi connectivity index (χ1) is 18.2. The Hall–Kier alpha value is -4.37. The van der Waals surface area contributed by atoms with Gasteiger partial charge in [-0.25, -0.2) is 4.98 Å². The average Bonchev–Trinajstić information content (AvgIpc) is 3.74. The number of aromatic amines is 2. The normalized spacial score (nSPS) is 14.1. The number of imidazole rings is 1. The Balaban J connectivity index is 1.25. The second kappa shape index (κ2) is 8.94. The Morgan fingerprint density at radius 3 is 2.81 bits per heavy atom. The van der Waals surface area contributed by atoms with Crippen LogP contribution < -0.4 is 5.32 Å². The summed E-state index contributed by atoms with van der Waals surface area (Å²) in [6, 6.07) is 12.2. The minimum absolute atomic E-state index is 0.0729. The summed E-state index contributed by atoms with van der Waals surface area (Å²) in [5.41, 5.74) is 7.90. The second-order valence-electron chi connectivity index (χ2n) is 9.42. The van der Waals surface area contributed by atoms with E-state index in [2.05, 4.69) is 53.4 Å². The van der Waals surface area contributed by atoms with Crippen LogP contribution in [-0.2, 0) is 4.79 Å². The first kappa shape index (κ1) is 21.9. The molecule has 3 N–H and O–H groups in total. The summed E-state index contributed by atoms with van der Waals surface area (Å²) in [4.78, 5) is 29.9. The van der Waals surface area contributed by atoms with E-state index in [0.29, 0.717) is 11.5 Å². The van der Waals surface area contributed by atoms with E-state index in [4.69, 9.17) is 4.98 Å². The van der Waals surface area contributed by atoms with Gasteiger partial charge in [0.15, 0.2) is 5.82 Å². The molecule has 0 unspecified atom stereocenters. The number of hydrogen-bond donors (Lipinski definition) is 3. The third-order valence-corrected chi connectivity index (χ3v) is 7.73. The van der Waals surface area contributed by atoms with Gasteiger partial charge >= 0.3 is 0 Å². The fourth-order valence-corrected chi connectivity index (χ4v) is 5.79. The van der Waals surface area contributed by atoms with Crippen LogP contribution in [0.5, 0.6) is 0 Å². The number of amides is 1. The Labute approximate surface area is 216 Å². The van der Waals surface area contributed by atoms with Crippen LogP contribution >= 0.6 is 11.3 Å². The van der Waals surface area contributed by atoms with Gasteiger partial charge in [-0.05, 0) is 53.4 Å². The number of para-hydroxylation sites is 1. The summed E-state index contributed by atoms with van der Waals surface area (Å²) in [6.45, 7) is 0. The lowest BCUT2D eigenvalue weighted by atomic mass is 10.1. The molecule has 0 radical (unpaired) electrons. The molecule has 1 aromatic carbocycles. The first-order valence-electron chi connectivity index (χ1n) is 12.3. The molecule has 1 amide bonds. The van der Waals surface area contributed by atoms with E-state index >= 15 is 0 Å². The van der Waals surface area contributed by atoms with E-state index in [1.807, 2.05) is 24.3 Å². The fourth-order valence-electron chi connectivity index (χ4n) is 5.13. The number of rotatable bonds is 5. The van der Waals surface area contributed by atoms with E-state index in [-0.39, 0.29) is 11.8 Å². The summed E-state index contributed by atoms with van der Waals surface area (Å²) in [5.74, 6) is 0.858. The molecule has 182 valence electrons. The summed E-state index contributed by atoms with van der Waals surface area (Å²) >= 11 is 1.67. The Bertz CT molecular complexity index is 1750. The maximum absolute atomic E-state index is 12.6. The predicted molar refractivity (Wildman–Crippen MR) is 146 cm³/mol. The van der Waals surface area contributed by atoms with Crippen LogP contribution in [0.1, 0.15) is 25.7 Å². The highest BCUT2D eigenvalue weighted by Gasteiger charge is 2.23. The van der Waals surface area contributed by atoms with Crippen LogP contribution in [0.3, 0.4) is 0 Å². The van der Waals surface area contributed by atoms with Gasteiger partial charge in [-0.1, -0.05) is 25.0 Å². The smallest absolute Gasteiger partial charge is 0.227 e. The van der Waals surface area contributed by atoms with Crippen LogP contribution in [0.4, 0.5) is 5.69 Å². The van der Waals surface area contributed by atoms with Crippen LogP contribution in [-0.4, -0.2) is 36.0 Å². The van der Waals surface area contributed by atoms with Crippen molar-refractivity contribution in [1.82, 2.24) is 30.1 Å². The van der Waals surface area contributed by atoms with Crippen LogP contribution in [0.15, 0.2) is 65.7 Å². The van der Waals surface area contributed by atoms with Crippen molar-refractivity contribution < 1.29 is 4.79 Å². The lowest BCUT2D eigenvalue weighted by Gasteiger charge is -2.11. The van der Waals surface area contributed by atoms with E-state index < -0.39 is 0 Å². The number of anilines is 1. The second-order valence-corrected chi connectivity index (χ2v) is 10.2. The molecule has 1 aliphatic rings. The molecule has 5 heterocycles. The minimum Gasteiger partial charge on any atom is -0.337 e. The highest BCUT2D eigenvalue weighted by atomic mass is 32.1. The largest absolute Gasteiger partial charge is 0.337 e. The van der Waals surface area contributed by atoms with E-state index in [1.165, 1.54) is 0 Å². The highest BCUT2D eigenvalue weighted by Crippen LogP contribution is 2.33. The maximum Gasteiger partial charge on any atom is 0.227 e. The molecule has 6 aromatic rings. The summed E-state index contributed by atoms with van der Waals surface area (Å²) < 4.78 is 0. The van der Waals surface area contributed by atoms with Crippen LogP contribution in [0.25, 0.3) is 55.8 Å². The molecule has 0 bridgehead atoms. The SMILES string of the molecule is O=C(Nc1cncc(-c2cc3c(-c4nc5c(-c6ccsc6)cccc5[nH]4)n[nH]c3cn2)c1)C1CCCC1. The molecule has 8 nitrogen and oxygen atoms in total. The fraction of sp³-hybridized carbons (Fsp3) is 0.179. The third kappa shape index (κ3) is 3.97. The van der Waals surface area contributed by atoms with Crippen molar-refractivity contribution in [3.8, 4) is 33.9 Å². The highest BCUT2D eigenvalue weighted by molar-refractivity contribution is 7.08. The number of nitrogens with one attached hydrogen (secondary N) is 3. The Kier molecular flexibility index (Phi) is 5.28. The molecular weight excluding hydrogens is 482 g/mol. The van der Waals surface area contributed by atoms with Crippen molar-refractivity contribution in [2.24, 2.45) is 5.92 Å². The van der Waals surface area contributed by atoms with Crippen molar-refractivity contribution >= 4 is 44.9 Å². The molecule has 1 saturated carbocycles. The first-order valence-corrected chi connectivity index (χ1v) is 13.3. The number of aromatic nitrogens is 6. The molecule has 1 aliphatic carbocycles. The third-order valence-electron chi connectivity index (χ3n) is 7.04. The number of thiophene rings is 1. The molecule has 9 heteroatoms. The van der Waals surface area contributed by atoms with Crippen LogP contribution in [0.2, 0.25) is 0 Å². The molecule has 7 rings (SSSR count). The molecule has 0 saturated heterocycles. The summed E-state index contributed by atoms with van der Waals surface area (Å²) in [6.07, 6.45) is 9.35. The van der Waals surface area contributed by atoms with Gasteiger partial charge in [0.25, 0.3) is 0 Å². The van der Waals surface area contributed by atoms with Gasteiger partial charge in [0.05, 0.1) is 40.3 Å². The number of fused-ring (bicyclic) bond motifs is 2. The lowest BCUT2D eigenvalue weighted by Crippen LogP contribution is -2.20. The zero-order valence-corrected chi connectivity index (χ0v) is 20.7. The predicted octanol–water partition coefficient (Wildman–Crippen LogP) is 6.42. The Morgan fingerprint density at radius 1 is 1.03 bits per heavy atom. The average molecular weight is 506 g/mol. The van der Waals surface area contributed by atoms with Crippen molar-refractivity contribution in [3.63, 3.8) is 0 Å². The molecular formula is C28H23N7OS. The number of H-pyrrole nitrogens is 2. The minimum atomic E-state index is 0.0729. The number of pyridine rings is 2. The van der Waals surface area contributed by atoms with Gasteiger partial charge in [0.1, 0.15) is 5.69 Å². The quantitative estimate of drug-likeness (QED) is 0.250. The van der Waals surface area contributed by atoms with Gasteiger partial charge < -0.3 is 10.3 Å². The Morgan fingerprint density at radius 2 is 1.95 bits per heavy atom. The van der Waals surface area contributed by atoms with E-state index in [0.717, 1.165) is 75.7 Å². The monoisotopic (exact) mass is 505 g/mol. The van der Waals surface area contributed by atoms with Crippen molar-refractivity contribution in [1.29, 1.82) is 0 Å². The van der Waals surface area contributed by atoms with Crippen molar-refractivity contribution in [2.45, 2.75) is 25.7 Å². The number of carbonyl (C=O) groups is 1. The molecule has 37 heavy (non-hydrogen) atoms. The van der Waals surface area contributed by atoms with Crippen molar-refractivity contribution in [2.75, 3.05) is 5.32 Å². The number of carbonyl (C=O) groups excluding carboxylic acids is 1. The maximum atomic E-state index is 12.6. The van der Waals surface area contributed by atoms with Crippen molar-refractivity contribution in [3.05, 3.63) is 65.7 Å². The van der Waals surface area contributed by atoms with E-state index in [9.17, 15) is 4.79 Å². The lowest BCUT2D eigenvalue weighted by molar-refractivity contribution is -0.119. The molecule has 5 aromatic heterocycles. The van der Waals surface area contributed by atoms with Gasteiger partial charge in [-0.15, -0.1) is 0 Å². The molecule has 0 atom stereocenters. The van der Waals surface area contributed by atoms with Gasteiger partial charge in [0.2, 0.25) is 5.91 Å². The van der Waals surface area contributed by atoms with Gasteiger partial charge in [0, 0.05) is 28.6 Å². The number of benzene rings is 1. The molecule has 0 aliphatic heterocycles. The van der Waals surface area contributed by atoms with E-state index in [1.54, 1.807) is 29.9 Å². The summed E-state index contributed by atoms with van der Waals surface area (Å²) in [7, 11) is 0. The van der Waals surface area contributed by atoms with Crippen LogP contribution in [0, 0.1) is 5.92 Å². The van der Waals surface area contributed by atoms with Gasteiger partial charge in [-0.2, -0.15) is 16.4 Å². The van der Waals surface area contributed by atoms with Gasteiger partial charge in [-0.3, -0.25) is 19.9 Å². The number of nitrogens with zero attached hydrogens (tertiary/aromatic N) is 4. The topological polar surface area (TPSA) is 112 Å². The molecule has 1 fully saturated rings. The standard InChI is InChI=1S/C28H23N7OS/c36-28(16-4-1-2-5-16)31-19-10-18(12-29-13-19)23-11-21-24(14-30-23)34-35-26(21)27-32-22-7-3-6-20(25(22)33-27)17-8-9-37-15-17/h3,6-16H,1-2,4-5H2,(H,31,36)(H,32,33)(H,34,35).